The summed E-state index contributed by atoms with van der Waals surface area (Å²) in [7, 11) is -1.07. The molecule has 1 saturated carbocycles. The van der Waals surface area contributed by atoms with Crippen molar-refractivity contribution in [2.75, 3.05) is 33.8 Å². The van der Waals surface area contributed by atoms with E-state index in [0.29, 0.717) is 30.2 Å². The molecular formula is C28H36FN5O4S. The number of guanidine groups is 1. The fourth-order valence-corrected chi connectivity index (χ4v) is 8.68. The molecule has 2 aromatic rings. The van der Waals surface area contributed by atoms with Crippen LogP contribution in [0, 0.1) is 11.7 Å². The number of aromatic nitrogens is 1. The molecule has 1 aromatic heterocycles. The number of pyridine rings is 1. The van der Waals surface area contributed by atoms with Gasteiger partial charge < -0.3 is 15.4 Å². The van der Waals surface area contributed by atoms with Gasteiger partial charge in [-0.15, -0.1) is 0 Å². The van der Waals surface area contributed by atoms with Crippen LogP contribution in [-0.2, 0) is 22.0 Å². The lowest BCUT2D eigenvalue weighted by atomic mass is 9.77. The molecule has 39 heavy (non-hydrogen) atoms. The van der Waals surface area contributed by atoms with E-state index in [1.54, 1.807) is 25.1 Å². The Morgan fingerprint density at radius 1 is 1.23 bits per heavy atom. The Labute approximate surface area is 229 Å². The van der Waals surface area contributed by atoms with Gasteiger partial charge in [-0.05, 0) is 68.5 Å². The minimum atomic E-state index is -3.99. The summed E-state index contributed by atoms with van der Waals surface area (Å²) >= 11 is 0. The molecule has 0 radical (unpaired) electrons. The summed E-state index contributed by atoms with van der Waals surface area (Å²) in [6.45, 7) is 3.31. The lowest BCUT2D eigenvalue weighted by Gasteiger charge is -2.48. The van der Waals surface area contributed by atoms with Gasteiger partial charge in [0.2, 0.25) is 16.0 Å². The number of methoxy groups -OCH3 is 1. The molecule has 0 bridgehead atoms. The van der Waals surface area contributed by atoms with Gasteiger partial charge in [-0.3, -0.25) is 4.79 Å². The Bertz CT molecular complexity index is 1390. The molecule has 9 nitrogen and oxygen atoms in total. The smallest absolute Gasteiger partial charge is 0.247 e. The van der Waals surface area contributed by atoms with Gasteiger partial charge in [0.15, 0.2) is 5.78 Å². The molecule has 3 heterocycles. The predicted molar refractivity (Wildman–Crippen MR) is 147 cm³/mol. The number of likely N-dealkylation sites (tertiary alicyclic amines) is 1. The monoisotopic (exact) mass is 557 g/mol. The van der Waals surface area contributed by atoms with E-state index in [1.165, 1.54) is 45.3 Å². The van der Waals surface area contributed by atoms with Crippen LogP contribution in [0.15, 0.2) is 41.5 Å². The van der Waals surface area contributed by atoms with Crippen molar-refractivity contribution in [1.82, 2.24) is 14.2 Å². The van der Waals surface area contributed by atoms with Crippen molar-refractivity contribution in [3.05, 3.63) is 59.2 Å². The molecule has 5 rings (SSSR count). The number of hydrogen-bond donors (Lipinski definition) is 1. The minimum Gasteiger partial charge on any atom is -0.495 e. The first-order valence-corrected chi connectivity index (χ1v) is 14.8. The van der Waals surface area contributed by atoms with E-state index in [4.69, 9.17) is 10.5 Å². The highest BCUT2D eigenvalue weighted by Crippen LogP contribution is 2.52. The van der Waals surface area contributed by atoms with Crippen LogP contribution in [0.4, 0.5) is 4.39 Å². The molecule has 2 aliphatic heterocycles. The number of carbonyl (C=O) groups is 1. The molecule has 1 spiro atoms. The summed E-state index contributed by atoms with van der Waals surface area (Å²) in [5, 5.41) is 0. The van der Waals surface area contributed by atoms with Gasteiger partial charge >= 0.3 is 0 Å². The maximum atomic E-state index is 15.6. The zero-order chi connectivity index (χ0) is 28.0. The summed E-state index contributed by atoms with van der Waals surface area (Å²) < 4.78 is 48.5. The molecule has 210 valence electrons. The largest absolute Gasteiger partial charge is 0.495 e. The van der Waals surface area contributed by atoms with E-state index in [-0.39, 0.29) is 36.0 Å². The van der Waals surface area contributed by atoms with Crippen molar-refractivity contribution in [3.63, 3.8) is 0 Å². The van der Waals surface area contributed by atoms with Gasteiger partial charge in [-0.1, -0.05) is 18.9 Å². The molecule has 11 heteroatoms. The van der Waals surface area contributed by atoms with Crippen LogP contribution in [0.25, 0.3) is 0 Å². The van der Waals surface area contributed by atoms with Gasteiger partial charge in [0.25, 0.3) is 0 Å². The molecule has 1 saturated heterocycles. The van der Waals surface area contributed by atoms with E-state index in [0.717, 1.165) is 23.7 Å². The van der Waals surface area contributed by atoms with Crippen molar-refractivity contribution in [3.8, 4) is 5.75 Å². The highest BCUT2D eigenvalue weighted by atomic mass is 32.2. The topological polar surface area (TPSA) is 118 Å². The number of Topliss-reactive ketones (excluding diaryl/α,β-unsaturated/α-hetero) is 1. The SMILES string of the molecule is COc1ccc(C(=O)Cc2ccc(F)c([C@@]3(C)N=C(N)N(C)S(=O)(=O)[C@@]34CCN(CC3CCCC3)C4)c2)nc1. The number of nitrogens with zero attached hydrogens (tertiary/aromatic N) is 4. The molecule has 2 fully saturated rings. The average Bonchev–Trinajstić information content (AvgIpc) is 3.60. The summed E-state index contributed by atoms with van der Waals surface area (Å²) in [6.07, 6.45) is 6.43. The van der Waals surface area contributed by atoms with E-state index in [9.17, 15) is 13.2 Å². The maximum absolute atomic E-state index is 15.6. The van der Waals surface area contributed by atoms with E-state index >= 15 is 4.39 Å². The highest BCUT2D eigenvalue weighted by Gasteiger charge is 2.66. The Kier molecular flexibility index (Phi) is 7.17. The van der Waals surface area contributed by atoms with Crippen LogP contribution < -0.4 is 10.5 Å². The van der Waals surface area contributed by atoms with Crippen LogP contribution >= 0.6 is 0 Å². The lowest BCUT2D eigenvalue weighted by Crippen LogP contribution is -2.66. The third-order valence-electron chi connectivity index (χ3n) is 8.88. The number of ketones is 1. The van der Waals surface area contributed by atoms with Crippen molar-refractivity contribution < 1.29 is 22.3 Å². The molecule has 0 unspecified atom stereocenters. The summed E-state index contributed by atoms with van der Waals surface area (Å²) in [4.78, 5) is 24.0. The molecule has 1 aliphatic carbocycles. The number of aliphatic imine (C=N–C) groups is 1. The zero-order valence-corrected chi connectivity index (χ0v) is 23.5. The Hall–Kier alpha value is -3.05. The highest BCUT2D eigenvalue weighted by molar-refractivity contribution is 7.91. The van der Waals surface area contributed by atoms with Crippen molar-refractivity contribution in [2.24, 2.45) is 16.6 Å². The Balaban J connectivity index is 1.52. The van der Waals surface area contributed by atoms with Crippen LogP contribution in [0.2, 0.25) is 0 Å². The first-order chi connectivity index (χ1) is 18.5. The molecule has 3 aliphatic rings. The quantitative estimate of drug-likeness (QED) is 0.520. The minimum absolute atomic E-state index is 0.0324. The van der Waals surface area contributed by atoms with Crippen LogP contribution in [0.3, 0.4) is 0 Å². The van der Waals surface area contributed by atoms with Gasteiger partial charge in [0.05, 0.1) is 13.3 Å². The Morgan fingerprint density at radius 3 is 2.64 bits per heavy atom. The van der Waals surface area contributed by atoms with Crippen molar-refractivity contribution >= 4 is 21.8 Å². The summed E-state index contributed by atoms with van der Waals surface area (Å²) in [5.41, 5.74) is 5.57. The van der Waals surface area contributed by atoms with E-state index < -0.39 is 26.1 Å². The molecule has 0 amide bonds. The molecule has 1 aromatic carbocycles. The number of benzene rings is 1. The fraction of sp³-hybridized carbons (Fsp3) is 0.536. The Morgan fingerprint density at radius 2 is 1.97 bits per heavy atom. The van der Waals surface area contributed by atoms with Gasteiger partial charge in [0.1, 0.15) is 27.5 Å². The van der Waals surface area contributed by atoms with Crippen LogP contribution in [-0.4, -0.2) is 72.9 Å². The second kappa shape index (κ2) is 10.2. The van der Waals surface area contributed by atoms with Crippen molar-refractivity contribution in [1.29, 1.82) is 0 Å². The van der Waals surface area contributed by atoms with E-state index in [1.807, 2.05) is 0 Å². The summed E-state index contributed by atoms with van der Waals surface area (Å²) in [6, 6.07) is 7.61. The lowest BCUT2D eigenvalue weighted by molar-refractivity contribution is 0.0988. The molecule has 2 atom stereocenters. The number of sulfonamides is 1. The van der Waals surface area contributed by atoms with Gasteiger partial charge in [-0.25, -0.2) is 27.1 Å². The number of rotatable bonds is 7. The summed E-state index contributed by atoms with van der Waals surface area (Å²) in [5.74, 6) is 0.0625. The third-order valence-corrected chi connectivity index (χ3v) is 11.5. The fourth-order valence-electron chi connectivity index (χ4n) is 6.52. The second-order valence-electron chi connectivity index (χ2n) is 11.1. The van der Waals surface area contributed by atoms with Gasteiger partial charge in [-0.2, -0.15) is 0 Å². The average molecular weight is 558 g/mol. The van der Waals surface area contributed by atoms with Crippen molar-refractivity contribution in [2.45, 2.75) is 55.7 Å². The number of hydrogen-bond acceptors (Lipinski definition) is 8. The number of halogens is 1. The zero-order valence-electron chi connectivity index (χ0n) is 22.7. The molecule has 2 N–H and O–H groups in total. The first-order valence-electron chi connectivity index (χ1n) is 13.4. The first kappa shape index (κ1) is 27.5. The third kappa shape index (κ3) is 4.59. The molecular weight excluding hydrogens is 521 g/mol. The van der Waals surface area contributed by atoms with Gasteiger partial charge in [0, 0.05) is 32.1 Å². The number of carbonyl (C=O) groups excluding carboxylic acids is 1. The maximum Gasteiger partial charge on any atom is 0.247 e. The predicted octanol–water partition coefficient (Wildman–Crippen LogP) is 3.09. The normalized spacial score (nSPS) is 27.2. The number of nitrogens with two attached hydrogens (primary N) is 1. The van der Waals surface area contributed by atoms with Crippen LogP contribution in [0.1, 0.15) is 60.6 Å². The number of ether oxygens (including phenoxy) is 1. The second-order valence-corrected chi connectivity index (χ2v) is 13.4. The van der Waals surface area contributed by atoms with E-state index in [2.05, 4.69) is 14.9 Å². The van der Waals surface area contributed by atoms with Crippen LogP contribution in [0.5, 0.6) is 5.75 Å². The standard InChI is InChI=1S/C28H36FN5O4S/c1-27(22-14-20(8-10-23(22)29)15-25(35)24-11-9-21(38-3)16-31-24)28(39(36,37)33(2)26(30)32-27)12-13-34(18-28)17-19-6-4-5-7-19/h8-11,14,16,19H,4-7,12-13,15,17-18H2,1-3H3,(H2,30,32)/t27-,28-/m1/s1.